The van der Waals surface area contributed by atoms with Crippen molar-refractivity contribution in [1.82, 2.24) is 15.5 Å². The molecule has 0 fully saturated rings. The summed E-state index contributed by atoms with van der Waals surface area (Å²) in [5.74, 6) is -3.47. The fourth-order valence-corrected chi connectivity index (χ4v) is 3.45. The monoisotopic (exact) mass is 461 g/mol. The van der Waals surface area contributed by atoms with E-state index < -0.39 is 48.0 Å². The van der Waals surface area contributed by atoms with E-state index in [1.807, 2.05) is 6.07 Å². The summed E-state index contributed by atoms with van der Waals surface area (Å²) in [6.45, 7) is 1.50. The number of carboxylic acid groups (broad SMARTS) is 1. The maximum absolute atomic E-state index is 14.6. The van der Waals surface area contributed by atoms with Crippen LogP contribution >= 0.6 is 0 Å². The van der Waals surface area contributed by atoms with E-state index in [4.69, 9.17) is 0 Å². The zero-order chi connectivity index (χ0) is 23.4. The third kappa shape index (κ3) is 6.28. The van der Waals surface area contributed by atoms with Crippen molar-refractivity contribution in [2.24, 2.45) is 0 Å². The largest absolute Gasteiger partial charge is 1.00 e. The number of hydrogen-bond acceptors (Lipinski definition) is 5. The van der Waals surface area contributed by atoms with Crippen LogP contribution in [0.1, 0.15) is 24.9 Å². The smallest absolute Gasteiger partial charge is 0.550 e. The van der Waals surface area contributed by atoms with Crippen LogP contribution in [0.3, 0.4) is 0 Å². The van der Waals surface area contributed by atoms with Gasteiger partial charge in [-0.2, -0.15) is 0 Å². The number of nitrogens with zero attached hydrogens (tertiary/aromatic N) is 1. The Labute approximate surface area is 212 Å². The number of carboxylic acids is 1. The number of nitrogens with one attached hydrogen (secondary N) is 2. The minimum Gasteiger partial charge on any atom is -0.550 e. The van der Waals surface area contributed by atoms with Crippen LogP contribution in [-0.2, 0) is 14.4 Å². The molecule has 0 bridgehead atoms. The first-order valence-electron chi connectivity index (χ1n) is 9.78. The van der Waals surface area contributed by atoms with Crippen LogP contribution in [0.5, 0.6) is 0 Å². The van der Waals surface area contributed by atoms with E-state index in [1.54, 1.807) is 24.3 Å². The molecular weight excluding hydrogens is 440 g/mol. The fourth-order valence-electron chi connectivity index (χ4n) is 3.45. The minimum absolute atomic E-state index is 0. The molecule has 1 aliphatic heterocycles. The molecule has 2 aromatic rings. The zero-order valence-electron chi connectivity index (χ0n) is 18.4. The van der Waals surface area contributed by atoms with E-state index in [1.165, 1.54) is 43.3 Å². The molecule has 33 heavy (non-hydrogen) atoms. The predicted molar refractivity (Wildman–Crippen MR) is 111 cm³/mol. The van der Waals surface area contributed by atoms with E-state index in [0.717, 1.165) is 5.56 Å². The molecule has 1 aliphatic rings. The van der Waals surface area contributed by atoms with Crippen molar-refractivity contribution in [3.8, 4) is 11.1 Å². The normalized spacial score (nSPS) is 16.4. The molecule has 0 aromatic heterocycles. The Morgan fingerprint density at radius 1 is 1.12 bits per heavy atom. The van der Waals surface area contributed by atoms with Crippen molar-refractivity contribution in [3.05, 3.63) is 71.7 Å². The average Bonchev–Trinajstić information content (AvgIpc) is 2.75. The van der Waals surface area contributed by atoms with Gasteiger partial charge in [0.2, 0.25) is 0 Å². The molecule has 0 aliphatic carbocycles. The zero-order valence-corrected chi connectivity index (χ0v) is 20.4. The number of halogens is 1. The Balaban J connectivity index is 0.00000385. The van der Waals surface area contributed by atoms with Crippen LogP contribution in [0.2, 0.25) is 0 Å². The summed E-state index contributed by atoms with van der Waals surface area (Å²) in [6, 6.07) is 9.43. The minimum atomic E-state index is -1.51. The van der Waals surface area contributed by atoms with Gasteiger partial charge in [0.15, 0.2) is 11.8 Å². The molecule has 0 saturated carbocycles. The van der Waals surface area contributed by atoms with Gasteiger partial charge in [0.05, 0.1) is 6.04 Å². The van der Waals surface area contributed by atoms with Crippen molar-refractivity contribution < 1.29 is 58.2 Å². The van der Waals surface area contributed by atoms with Crippen LogP contribution in [0.4, 0.5) is 9.18 Å². The van der Waals surface area contributed by atoms with Gasteiger partial charge in [-0.05, 0) is 30.2 Å². The second kappa shape index (κ2) is 11.2. The van der Waals surface area contributed by atoms with Crippen LogP contribution in [0.15, 0.2) is 60.3 Å². The molecule has 0 saturated heterocycles. The van der Waals surface area contributed by atoms with E-state index >= 15 is 0 Å². The molecule has 0 spiro atoms. The molecule has 3 amide bonds. The number of ketones is 1. The first-order valence-corrected chi connectivity index (χ1v) is 9.78. The molecule has 10 heteroatoms. The van der Waals surface area contributed by atoms with Gasteiger partial charge in [0.1, 0.15) is 5.82 Å². The van der Waals surface area contributed by atoms with E-state index in [9.17, 15) is 28.7 Å². The summed E-state index contributed by atoms with van der Waals surface area (Å²) in [4.78, 5) is 49.5. The summed E-state index contributed by atoms with van der Waals surface area (Å²) in [7, 11) is 1.44. The third-order valence-electron chi connectivity index (χ3n) is 5.06. The summed E-state index contributed by atoms with van der Waals surface area (Å²) in [5.41, 5.74) is 1.59. The number of benzene rings is 2. The SMILES string of the molecule is CC1=CN(C)C(=O)C(NC(=O)N[C@@H](CC(=O)[O-])c2cc(-c3ccccc3)ccc2F)C1=O.[Na+]. The molecule has 166 valence electrons. The van der Waals surface area contributed by atoms with Gasteiger partial charge in [-0.3, -0.25) is 9.59 Å². The van der Waals surface area contributed by atoms with Crippen LogP contribution in [0.25, 0.3) is 11.1 Å². The van der Waals surface area contributed by atoms with Gasteiger partial charge in [0, 0.05) is 36.8 Å². The van der Waals surface area contributed by atoms with E-state index in [-0.39, 0.29) is 40.7 Å². The summed E-state index contributed by atoms with van der Waals surface area (Å²) in [6.07, 6.45) is 0.637. The molecule has 3 rings (SSSR count). The van der Waals surface area contributed by atoms with Gasteiger partial charge >= 0.3 is 35.6 Å². The molecule has 2 aromatic carbocycles. The van der Waals surface area contributed by atoms with Crippen LogP contribution < -0.4 is 45.3 Å². The molecule has 1 unspecified atom stereocenters. The number of Topliss-reactive ketones (excluding diaryl/α,β-unsaturated/α-hetero) is 1. The van der Waals surface area contributed by atoms with Gasteiger partial charge < -0.3 is 25.4 Å². The number of likely N-dealkylation sites (N-methyl/N-ethyl adjacent to an activating group) is 1. The van der Waals surface area contributed by atoms with Gasteiger partial charge in [-0.25, -0.2) is 9.18 Å². The van der Waals surface area contributed by atoms with Crippen LogP contribution in [-0.4, -0.2) is 41.7 Å². The molecule has 1 heterocycles. The first-order chi connectivity index (χ1) is 15.2. The number of rotatable bonds is 6. The number of carbonyl (C=O) groups excluding carboxylic acids is 4. The first kappa shape index (κ1) is 26.2. The van der Waals surface area contributed by atoms with E-state index in [0.29, 0.717) is 5.56 Å². The van der Waals surface area contributed by atoms with Gasteiger partial charge in [-0.1, -0.05) is 36.4 Å². The van der Waals surface area contributed by atoms with Crippen LogP contribution in [0, 0.1) is 5.82 Å². The number of carbonyl (C=O) groups is 4. The van der Waals surface area contributed by atoms with E-state index in [2.05, 4.69) is 10.6 Å². The number of amides is 3. The maximum atomic E-state index is 14.6. The molecular formula is C23H21FN3NaO5. The van der Waals surface area contributed by atoms with Crippen molar-refractivity contribution in [3.63, 3.8) is 0 Å². The Morgan fingerprint density at radius 2 is 1.79 bits per heavy atom. The summed E-state index contributed by atoms with van der Waals surface area (Å²) >= 11 is 0. The second-order valence-electron chi connectivity index (χ2n) is 7.41. The molecule has 8 nitrogen and oxygen atoms in total. The Bertz CT molecular complexity index is 1110. The third-order valence-corrected chi connectivity index (χ3v) is 5.06. The number of aliphatic carboxylic acids is 1. The topological polar surface area (TPSA) is 119 Å². The number of urea groups is 1. The van der Waals surface area contributed by atoms with Crippen molar-refractivity contribution in [2.45, 2.75) is 25.4 Å². The molecule has 2 N–H and O–H groups in total. The van der Waals surface area contributed by atoms with Gasteiger partial charge in [-0.15, -0.1) is 0 Å². The van der Waals surface area contributed by atoms with Crippen molar-refractivity contribution in [1.29, 1.82) is 0 Å². The molecule has 2 atom stereocenters. The molecule has 0 radical (unpaired) electrons. The summed E-state index contributed by atoms with van der Waals surface area (Å²) < 4.78 is 14.6. The number of hydrogen-bond donors (Lipinski definition) is 2. The quantitative estimate of drug-likeness (QED) is 0.392. The summed E-state index contributed by atoms with van der Waals surface area (Å²) in [5, 5.41) is 15.9. The Kier molecular flexibility index (Phi) is 8.92. The van der Waals surface area contributed by atoms with Gasteiger partial charge in [0.25, 0.3) is 5.91 Å². The Hall–Kier alpha value is -3.01. The fraction of sp³-hybridized carbons (Fsp3) is 0.217. The standard InChI is InChI=1S/C23H22FN3O5.Na/c1-13-12-27(2)22(31)20(21(13)30)26-23(32)25-18(11-19(28)29)16-10-15(8-9-17(16)24)14-6-4-3-5-7-14;/h3-10,12,18,20H,11H2,1-2H3,(H,28,29)(H2,25,26,32);/q;+1/p-1/t18-,20?;/m0./s1. The Morgan fingerprint density at radius 3 is 2.42 bits per heavy atom. The average molecular weight is 461 g/mol. The predicted octanol–water partition coefficient (Wildman–Crippen LogP) is -1.71. The second-order valence-corrected chi connectivity index (χ2v) is 7.41. The van der Waals surface area contributed by atoms with Crippen molar-refractivity contribution >= 4 is 23.7 Å². The van der Waals surface area contributed by atoms with Crippen molar-refractivity contribution in [2.75, 3.05) is 7.05 Å². The maximum Gasteiger partial charge on any atom is 1.00 e.